The molecule has 0 radical (unpaired) electrons. The molecule has 0 bridgehead atoms. The Morgan fingerprint density at radius 3 is 1.89 bits per heavy atom. The smallest absolute Gasteiger partial charge is 0.0497 e. The van der Waals surface area contributed by atoms with E-state index in [0.29, 0.717) is 0 Å². The fourth-order valence-corrected chi connectivity index (χ4v) is 2.94. The zero-order valence-corrected chi connectivity index (χ0v) is 12.0. The van der Waals surface area contributed by atoms with Crippen molar-refractivity contribution >= 4 is 27.2 Å². The van der Waals surface area contributed by atoms with Crippen LogP contribution < -0.4 is 5.32 Å². The molecular weight excluding hydrogens is 230 g/mol. The Labute approximate surface area is 114 Å². The molecule has 0 aliphatic rings. The zero-order valence-electron chi connectivity index (χ0n) is 12.0. The van der Waals surface area contributed by atoms with Crippen LogP contribution in [0.15, 0.2) is 36.4 Å². The van der Waals surface area contributed by atoms with E-state index in [1.807, 2.05) is 7.05 Å². The van der Waals surface area contributed by atoms with Crippen LogP contribution in [0.1, 0.15) is 16.7 Å². The first-order valence-corrected chi connectivity index (χ1v) is 6.73. The van der Waals surface area contributed by atoms with Crippen molar-refractivity contribution in [3.05, 3.63) is 53.1 Å². The maximum atomic E-state index is 3.39. The third kappa shape index (κ3) is 1.77. The topological polar surface area (TPSA) is 12.0 Å². The van der Waals surface area contributed by atoms with Crippen molar-refractivity contribution in [3.8, 4) is 0 Å². The highest BCUT2D eigenvalue weighted by molar-refractivity contribution is 6.13. The molecule has 3 aromatic carbocycles. The second-order valence-corrected chi connectivity index (χ2v) is 5.35. The summed E-state index contributed by atoms with van der Waals surface area (Å²) in [7, 11) is 2.01. The molecule has 0 saturated carbocycles. The summed E-state index contributed by atoms with van der Waals surface area (Å²) in [5, 5.41) is 8.70. The molecule has 0 fully saturated rings. The van der Waals surface area contributed by atoms with Crippen LogP contribution in [0.2, 0.25) is 0 Å². The van der Waals surface area contributed by atoms with Gasteiger partial charge < -0.3 is 5.32 Å². The summed E-state index contributed by atoms with van der Waals surface area (Å²) in [5.74, 6) is 0. The highest BCUT2D eigenvalue weighted by Gasteiger charge is 2.10. The number of nitrogens with one attached hydrogen (secondary N) is 1. The average Bonchev–Trinajstić information content (AvgIpc) is 2.40. The number of benzene rings is 3. The van der Waals surface area contributed by atoms with Gasteiger partial charge in [0.05, 0.1) is 0 Å². The van der Waals surface area contributed by atoms with Gasteiger partial charge in [-0.3, -0.25) is 0 Å². The lowest BCUT2D eigenvalue weighted by Crippen LogP contribution is -1.95. The van der Waals surface area contributed by atoms with Crippen LogP contribution >= 0.6 is 0 Å². The molecule has 3 rings (SSSR count). The Hall–Kier alpha value is -2.02. The summed E-state index contributed by atoms with van der Waals surface area (Å²) in [5.41, 5.74) is 5.21. The molecule has 1 N–H and O–H groups in total. The molecule has 19 heavy (non-hydrogen) atoms. The van der Waals surface area contributed by atoms with E-state index in [9.17, 15) is 0 Å². The monoisotopic (exact) mass is 249 g/mol. The van der Waals surface area contributed by atoms with Crippen LogP contribution in [0.25, 0.3) is 21.5 Å². The third-order valence-electron chi connectivity index (χ3n) is 3.95. The van der Waals surface area contributed by atoms with Gasteiger partial charge in [0.25, 0.3) is 0 Å². The fourth-order valence-electron chi connectivity index (χ4n) is 2.94. The van der Waals surface area contributed by atoms with Crippen LogP contribution in [0, 0.1) is 20.8 Å². The first-order chi connectivity index (χ1) is 9.11. The predicted octanol–water partition coefficient (Wildman–Crippen LogP) is 4.96. The minimum Gasteiger partial charge on any atom is -0.387 e. The molecule has 0 unspecified atom stereocenters. The van der Waals surface area contributed by atoms with Gasteiger partial charge in [-0.15, -0.1) is 0 Å². The summed E-state index contributed by atoms with van der Waals surface area (Å²) in [6.45, 7) is 6.52. The normalized spacial score (nSPS) is 11.2. The zero-order chi connectivity index (χ0) is 13.6. The van der Waals surface area contributed by atoms with Crippen molar-refractivity contribution in [1.29, 1.82) is 0 Å². The Morgan fingerprint density at radius 2 is 1.26 bits per heavy atom. The van der Waals surface area contributed by atoms with Crippen LogP contribution in [0.3, 0.4) is 0 Å². The number of aryl methyl sites for hydroxylation is 3. The number of rotatable bonds is 1. The van der Waals surface area contributed by atoms with Crippen molar-refractivity contribution in [2.75, 3.05) is 12.4 Å². The average molecular weight is 249 g/mol. The first-order valence-electron chi connectivity index (χ1n) is 6.73. The molecule has 0 aliphatic carbocycles. The van der Waals surface area contributed by atoms with Gasteiger partial charge >= 0.3 is 0 Å². The van der Waals surface area contributed by atoms with Crippen LogP contribution in [-0.2, 0) is 0 Å². The summed E-state index contributed by atoms with van der Waals surface area (Å²) >= 11 is 0. The van der Waals surface area contributed by atoms with E-state index < -0.39 is 0 Å². The van der Waals surface area contributed by atoms with Crippen molar-refractivity contribution < 1.29 is 0 Å². The van der Waals surface area contributed by atoms with Crippen molar-refractivity contribution in [2.45, 2.75) is 20.8 Å². The van der Waals surface area contributed by atoms with Gasteiger partial charge in [-0.1, -0.05) is 41.5 Å². The molecule has 1 heteroatoms. The SMILES string of the molecule is CNc1c2ccc(C)cc2c(C)c2ccc(C)cc12. The molecule has 1 nitrogen and oxygen atoms in total. The predicted molar refractivity (Wildman–Crippen MR) is 85.2 cm³/mol. The number of fused-ring (bicyclic) bond motifs is 2. The Kier molecular flexibility index (Phi) is 2.70. The molecule has 96 valence electrons. The molecule has 3 aromatic rings. The fraction of sp³-hybridized carbons (Fsp3) is 0.222. The summed E-state index contributed by atoms with van der Waals surface area (Å²) in [4.78, 5) is 0. The quantitative estimate of drug-likeness (QED) is 0.601. The van der Waals surface area contributed by atoms with E-state index in [1.54, 1.807) is 0 Å². The Balaban J connectivity index is 2.60. The Morgan fingerprint density at radius 1 is 0.684 bits per heavy atom. The van der Waals surface area contributed by atoms with Crippen LogP contribution in [0.4, 0.5) is 5.69 Å². The van der Waals surface area contributed by atoms with E-state index in [0.717, 1.165) is 0 Å². The summed E-state index contributed by atoms with van der Waals surface area (Å²) in [6, 6.07) is 13.4. The van der Waals surface area contributed by atoms with E-state index in [1.165, 1.54) is 43.9 Å². The standard InChI is InChI=1S/C18H19N/c1-11-6-8-15-16(9-11)13(3)14-7-5-12(2)10-17(14)18(15)19-4/h5-10,19H,1-4H3. The lowest BCUT2D eigenvalue weighted by Gasteiger charge is -2.15. The van der Waals surface area contributed by atoms with Gasteiger partial charge in [0.2, 0.25) is 0 Å². The minimum absolute atomic E-state index is 1.24. The lowest BCUT2D eigenvalue weighted by molar-refractivity contribution is 1.46. The van der Waals surface area contributed by atoms with Gasteiger partial charge in [-0.2, -0.15) is 0 Å². The van der Waals surface area contributed by atoms with Gasteiger partial charge in [0.15, 0.2) is 0 Å². The highest BCUT2D eigenvalue weighted by Crippen LogP contribution is 2.36. The van der Waals surface area contributed by atoms with Gasteiger partial charge in [0.1, 0.15) is 0 Å². The van der Waals surface area contributed by atoms with Crippen molar-refractivity contribution in [1.82, 2.24) is 0 Å². The molecule has 0 heterocycles. The maximum Gasteiger partial charge on any atom is 0.0497 e. The number of hydrogen-bond acceptors (Lipinski definition) is 1. The molecule has 0 spiro atoms. The molecule has 0 aromatic heterocycles. The highest BCUT2D eigenvalue weighted by atomic mass is 14.8. The van der Waals surface area contributed by atoms with Crippen molar-refractivity contribution in [2.24, 2.45) is 0 Å². The molecule has 0 saturated heterocycles. The molecule has 0 atom stereocenters. The number of anilines is 1. The number of hydrogen-bond donors (Lipinski definition) is 1. The summed E-state index contributed by atoms with van der Waals surface area (Å²) in [6.07, 6.45) is 0. The van der Waals surface area contributed by atoms with Crippen LogP contribution in [-0.4, -0.2) is 7.05 Å². The lowest BCUT2D eigenvalue weighted by atomic mass is 9.93. The van der Waals surface area contributed by atoms with Crippen molar-refractivity contribution in [3.63, 3.8) is 0 Å². The molecule has 0 aliphatic heterocycles. The molecule has 0 amide bonds. The first kappa shape index (κ1) is 12.0. The van der Waals surface area contributed by atoms with Gasteiger partial charge in [0, 0.05) is 23.5 Å². The second kappa shape index (κ2) is 4.27. The van der Waals surface area contributed by atoms with E-state index in [-0.39, 0.29) is 0 Å². The minimum atomic E-state index is 1.24. The second-order valence-electron chi connectivity index (χ2n) is 5.35. The van der Waals surface area contributed by atoms with E-state index >= 15 is 0 Å². The Bertz CT molecular complexity index is 785. The van der Waals surface area contributed by atoms with E-state index in [4.69, 9.17) is 0 Å². The van der Waals surface area contributed by atoms with E-state index in [2.05, 4.69) is 62.5 Å². The van der Waals surface area contributed by atoms with Crippen LogP contribution in [0.5, 0.6) is 0 Å². The maximum absolute atomic E-state index is 3.39. The largest absolute Gasteiger partial charge is 0.387 e. The summed E-state index contributed by atoms with van der Waals surface area (Å²) < 4.78 is 0. The van der Waals surface area contributed by atoms with Gasteiger partial charge in [-0.05, 0) is 43.2 Å². The molecular formula is C18H19N. The third-order valence-corrected chi connectivity index (χ3v) is 3.95. The van der Waals surface area contributed by atoms with Gasteiger partial charge in [-0.25, -0.2) is 0 Å².